The van der Waals surface area contributed by atoms with Gasteiger partial charge >= 0.3 is 0 Å². The zero-order valence-electron chi connectivity index (χ0n) is 9.32. The van der Waals surface area contributed by atoms with Crippen LogP contribution in [0.4, 0.5) is 5.69 Å². The van der Waals surface area contributed by atoms with Crippen LogP contribution in [0.15, 0.2) is 51.7 Å². The Bertz CT molecular complexity index is 480. The van der Waals surface area contributed by atoms with Crippen molar-refractivity contribution < 1.29 is 0 Å². The highest BCUT2D eigenvalue weighted by Crippen LogP contribution is 2.21. The van der Waals surface area contributed by atoms with E-state index >= 15 is 0 Å². The third-order valence-corrected chi connectivity index (χ3v) is 3.48. The van der Waals surface area contributed by atoms with Gasteiger partial charge in [-0.2, -0.15) is 0 Å². The van der Waals surface area contributed by atoms with E-state index in [1.807, 2.05) is 30.5 Å². The summed E-state index contributed by atoms with van der Waals surface area (Å²) < 4.78 is 1.94. The minimum Gasteiger partial charge on any atom is -0.377 e. The highest BCUT2D eigenvalue weighted by molar-refractivity contribution is 9.10. The summed E-state index contributed by atoms with van der Waals surface area (Å²) in [6.45, 7) is 2.13. The van der Waals surface area contributed by atoms with Gasteiger partial charge in [0.05, 0.1) is 11.9 Å². The summed E-state index contributed by atoms with van der Waals surface area (Å²) in [4.78, 5) is 4.19. The average molecular weight is 356 g/mol. The number of nitrogens with one attached hydrogen (secondary N) is 1. The van der Waals surface area contributed by atoms with Gasteiger partial charge in [0.2, 0.25) is 0 Å². The van der Waals surface area contributed by atoms with Crippen LogP contribution in [0.2, 0.25) is 0 Å². The quantitative estimate of drug-likeness (QED) is 0.801. The summed E-state index contributed by atoms with van der Waals surface area (Å²) in [6.07, 6.45) is 1.82. The van der Waals surface area contributed by atoms with Gasteiger partial charge < -0.3 is 5.32 Å². The minimum absolute atomic E-state index is 0.256. The molecule has 1 atom stereocenters. The zero-order chi connectivity index (χ0) is 12.3. The molecule has 0 aliphatic heterocycles. The van der Waals surface area contributed by atoms with Crippen molar-refractivity contribution in [3.05, 3.63) is 57.2 Å². The van der Waals surface area contributed by atoms with Crippen molar-refractivity contribution in [2.24, 2.45) is 0 Å². The Labute approximate surface area is 118 Å². The Balaban J connectivity index is 2.08. The predicted octanol–water partition coefficient (Wildman–Crippen LogP) is 4.78. The number of pyridine rings is 1. The molecule has 4 heteroatoms. The fourth-order valence-electron chi connectivity index (χ4n) is 1.55. The van der Waals surface area contributed by atoms with E-state index in [1.54, 1.807) is 0 Å². The Morgan fingerprint density at radius 2 is 1.76 bits per heavy atom. The fourth-order valence-corrected chi connectivity index (χ4v) is 2.04. The molecule has 88 valence electrons. The second-order valence-corrected chi connectivity index (χ2v) is 5.52. The van der Waals surface area contributed by atoms with Crippen molar-refractivity contribution >= 4 is 37.5 Å². The topological polar surface area (TPSA) is 24.9 Å². The van der Waals surface area contributed by atoms with Gasteiger partial charge in [-0.05, 0) is 52.7 Å². The number of anilines is 1. The first-order valence-electron chi connectivity index (χ1n) is 5.29. The number of halogens is 2. The lowest BCUT2D eigenvalue weighted by molar-refractivity contribution is 0.882. The minimum atomic E-state index is 0.256. The molecule has 0 bridgehead atoms. The maximum absolute atomic E-state index is 4.19. The fraction of sp³-hybridized carbons (Fsp3) is 0.154. The summed E-state index contributed by atoms with van der Waals surface area (Å²) in [5, 5.41) is 3.41. The maximum atomic E-state index is 4.19. The lowest BCUT2D eigenvalue weighted by atomic mass is 10.1. The van der Waals surface area contributed by atoms with Gasteiger partial charge in [0.1, 0.15) is 4.60 Å². The largest absolute Gasteiger partial charge is 0.377 e. The summed E-state index contributed by atoms with van der Waals surface area (Å²) in [6, 6.07) is 12.5. The van der Waals surface area contributed by atoms with Crippen LogP contribution in [0.5, 0.6) is 0 Å². The highest BCUT2D eigenvalue weighted by atomic mass is 79.9. The van der Waals surface area contributed by atoms with E-state index < -0.39 is 0 Å². The van der Waals surface area contributed by atoms with Gasteiger partial charge in [-0.25, -0.2) is 4.98 Å². The van der Waals surface area contributed by atoms with E-state index in [4.69, 9.17) is 0 Å². The van der Waals surface area contributed by atoms with E-state index in [-0.39, 0.29) is 6.04 Å². The summed E-state index contributed by atoms with van der Waals surface area (Å²) >= 11 is 6.75. The van der Waals surface area contributed by atoms with Crippen LogP contribution in [-0.4, -0.2) is 4.98 Å². The van der Waals surface area contributed by atoms with E-state index in [1.165, 1.54) is 5.56 Å². The Morgan fingerprint density at radius 3 is 2.35 bits per heavy atom. The van der Waals surface area contributed by atoms with Gasteiger partial charge in [-0.1, -0.05) is 28.1 Å². The molecule has 1 aromatic heterocycles. The SMILES string of the molecule is CC(Nc1ccc(Br)nc1)c1ccc(Br)cc1. The molecule has 0 radical (unpaired) electrons. The van der Waals surface area contributed by atoms with Gasteiger partial charge in [-0.3, -0.25) is 0 Å². The number of aromatic nitrogens is 1. The van der Waals surface area contributed by atoms with Gasteiger partial charge in [0.15, 0.2) is 0 Å². The van der Waals surface area contributed by atoms with Gasteiger partial charge in [0, 0.05) is 10.5 Å². The normalized spacial score (nSPS) is 12.2. The molecule has 0 saturated heterocycles. The molecule has 0 aliphatic rings. The van der Waals surface area contributed by atoms with Crippen LogP contribution < -0.4 is 5.32 Å². The second kappa shape index (κ2) is 5.65. The van der Waals surface area contributed by atoms with Crippen LogP contribution in [-0.2, 0) is 0 Å². The first-order chi connectivity index (χ1) is 8.15. The first kappa shape index (κ1) is 12.6. The molecular formula is C13H12Br2N2. The van der Waals surface area contributed by atoms with Crippen molar-refractivity contribution in [1.29, 1.82) is 0 Å². The number of hydrogen-bond donors (Lipinski definition) is 1. The molecule has 1 heterocycles. The zero-order valence-corrected chi connectivity index (χ0v) is 12.5. The van der Waals surface area contributed by atoms with Crippen LogP contribution in [0, 0.1) is 0 Å². The van der Waals surface area contributed by atoms with Crippen molar-refractivity contribution in [3.8, 4) is 0 Å². The molecular weight excluding hydrogens is 344 g/mol. The molecule has 17 heavy (non-hydrogen) atoms. The highest BCUT2D eigenvalue weighted by Gasteiger charge is 2.04. The number of hydrogen-bond acceptors (Lipinski definition) is 2. The third kappa shape index (κ3) is 3.54. The molecule has 1 N–H and O–H groups in total. The molecule has 1 aromatic carbocycles. The molecule has 0 fully saturated rings. The maximum Gasteiger partial charge on any atom is 0.106 e. The van der Waals surface area contributed by atoms with E-state index in [9.17, 15) is 0 Å². The summed E-state index contributed by atoms with van der Waals surface area (Å²) in [7, 11) is 0. The lowest BCUT2D eigenvalue weighted by Gasteiger charge is -2.15. The molecule has 1 unspecified atom stereocenters. The van der Waals surface area contributed by atoms with Gasteiger partial charge in [-0.15, -0.1) is 0 Å². The van der Waals surface area contributed by atoms with Crippen LogP contribution in [0.3, 0.4) is 0 Å². The molecule has 2 nitrogen and oxygen atoms in total. The molecule has 2 rings (SSSR count). The van der Waals surface area contributed by atoms with Crippen molar-refractivity contribution in [3.63, 3.8) is 0 Å². The van der Waals surface area contributed by atoms with Crippen molar-refractivity contribution in [2.75, 3.05) is 5.32 Å². The smallest absolute Gasteiger partial charge is 0.106 e. The third-order valence-electron chi connectivity index (χ3n) is 2.48. The van der Waals surface area contributed by atoms with Gasteiger partial charge in [0.25, 0.3) is 0 Å². The Hall–Kier alpha value is -0.870. The predicted molar refractivity (Wildman–Crippen MR) is 78.1 cm³/mol. The monoisotopic (exact) mass is 354 g/mol. The molecule has 0 aliphatic carbocycles. The van der Waals surface area contributed by atoms with E-state index in [0.717, 1.165) is 14.8 Å². The van der Waals surface area contributed by atoms with Crippen LogP contribution >= 0.6 is 31.9 Å². The molecule has 2 aromatic rings. The first-order valence-corrected chi connectivity index (χ1v) is 6.87. The molecule has 0 spiro atoms. The summed E-state index contributed by atoms with van der Waals surface area (Å²) in [5.74, 6) is 0. The lowest BCUT2D eigenvalue weighted by Crippen LogP contribution is -2.06. The molecule has 0 amide bonds. The van der Waals surface area contributed by atoms with Crippen molar-refractivity contribution in [1.82, 2.24) is 4.98 Å². The number of rotatable bonds is 3. The number of nitrogens with zero attached hydrogens (tertiary/aromatic N) is 1. The van der Waals surface area contributed by atoms with Crippen LogP contribution in [0.25, 0.3) is 0 Å². The molecule has 0 saturated carbocycles. The second-order valence-electron chi connectivity index (χ2n) is 3.79. The summed E-state index contributed by atoms with van der Waals surface area (Å²) in [5.41, 5.74) is 2.26. The van der Waals surface area contributed by atoms with Crippen molar-refractivity contribution in [2.45, 2.75) is 13.0 Å². The van der Waals surface area contributed by atoms with Crippen LogP contribution in [0.1, 0.15) is 18.5 Å². The number of benzene rings is 1. The van der Waals surface area contributed by atoms with E-state index in [2.05, 4.69) is 61.2 Å². The Kier molecular flexibility index (Phi) is 4.18. The average Bonchev–Trinajstić information content (AvgIpc) is 2.33. The standard InChI is InChI=1S/C13H12Br2N2/c1-9(10-2-4-11(14)5-3-10)17-12-6-7-13(15)16-8-12/h2-9,17H,1H3. The van der Waals surface area contributed by atoms with E-state index in [0.29, 0.717) is 0 Å². The Morgan fingerprint density at radius 1 is 1.06 bits per heavy atom.